The Labute approximate surface area is 74.6 Å². The van der Waals surface area contributed by atoms with Crippen LogP contribution in [0.1, 0.15) is 26.2 Å². The molecule has 1 unspecified atom stereocenters. The second kappa shape index (κ2) is 5.33. The summed E-state index contributed by atoms with van der Waals surface area (Å²) in [5.41, 5.74) is 0. The molecule has 0 aromatic carbocycles. The molecule has 1 saturated heterocycles. The van der Waals surface area contributed by atoms with Gasteiger partial charge in [0.25, 0.3) is 0 Å². The van der Waals surface area contributed by atoms with E-state index in [-0.39, 0.29) is 6.29 Å². The van der Waals surface area contributed by atoms with E-state index in [2.05, 4.69) is 13.5 Å². The van der Waals surface area contributed by atoms with Crippen molar-refractivity contribution in [1.29, 1.82) is 0 Å². The molecule has 70 valence electrons. The highest BCUT2D eigenvalue weighted by molar-refractivity contribution is 4.75. The lowest BCUT2D eigenvalue weighted by Gasteiger charge is -2.29. The van der Waals surface area contributed by atoms with Crippen molar-refractivity contribution in [3.05, 3.63) is 12.7 Å². The van der Waals surface area contributed by atoms with Crippen molar-refractivity contribution >= 4 is 0 Å². The number of allylic oxidation sites excluding steroid dienone is 1. The summed E-state index contributed by atoms with van der Waals surface area (Å²) >= 11 is 0. The third kappa shape index (κ3) is 2.61. The third-order valence-corrected chi connectivity index (χ3v) is 2.23. The molecule has 0 aliphatic carbocycles. The molecule has 12 heavy (non-hydrogen) atoms. The Kier molecular flexibility index (Phi) is 4.33. The van der Waals surface area contributed by atoms with Gasteiger partial charge in [0, 0.05) is 5.92 Å². The Balaban J connectivity index is 2.34. The predicted molar refractivity (Wildman–Crippen MR) is 48.9 cm³/mol. The lowest BCUT2D eigenvalue weighted by atomic mass is 10.0. The molecule has 0 aromatic heterocycles. The summed E-state index contributed by atoms with van der Waals surface area (Å²) in [6, 6.07) is 0. The van der Waals surface area contributed by atoms with Gasteiger partial charge in [-0.25, -0.2) is 0 Å². The van der Waals surface area contributed by atoms with Crippen LogP contribution in [0.2, 0.25) is 0 Å². The second-order valence-corrected chi connectivity index (χ2v) is 3.16. The predicted octanol–water partition coefficient (Wildman–Crippen LogP) is 2.35. The molecule has 0 aromatic rings. The Bertz CT molecular complexity index is 128. The topological polar surface area (TPSA) is 18.5 Å². The van der Waals surface area contributed by atoms with Gasteiger partial charge in [-0.1, -0.05) is 13.0 Å². The van der Waals surface area contributed by atoms with Gasteiger partial charge >= 0.3 is 0 Å². The zero-order valence-electron chi connectivity index (χ0n) is 7.79. The van der Waals surface area contributed by atoms with E-state index in [4.69, 9.17) is 9.47 Å². The maximum atomic E-state index is 5.51. The highest BCUT2D eigenvalue weighted by Crippen LogP contribution is 2.20. The fraction of sp³-hybridized carbons (Fsp3) is 0.800. The van der Waals surface area contributed by atoms with Gasteiger partial charge in [-0.3, -0.25) is 0 Å². The van der Waals surface area contributed by atoms with Crippen LogP contribution >= 0.6 is 0 Å². The number of rotatable bonds is 4. The third-order valence-electron chi connectivity index (χ3n) is 2.23. The number of ether oxygens (including phenoxy) is 2. The molecule has 1 aliphatic rings. The van der Waals surface area contributed by atoms with Crippen molar-refractivity contribution < 1.29 is 9.47 Å². The molecule has 1 atom stereocenters. The Morgan fingerprint density at radius 1 is 1.50 bits per heavy atom. The van der Waals surface area contributed by atoms with Crippen LogP contribution in [0.25, 0.3) is 0 Å². The van der Waals surface area contributed by atoms with Crippen LogP contribution in [-0.4, -0.2) is 19.5 Å². The Hall–Kier alpha value is -0.340. The summed E-state index contributed by atoms with van der Waals surface area (Å²) in [5, 5.41) is 0. The molecule has 1 fully saturated rings. The maximum absolute atomic E-state index is 5.51. The summed E-state index contributed by atoms with van der Waals surface area (Å²) < 4.78 is 11.0. The van der Waals surface area contributed by atoms with Crippen LogP contribution in [0.15, 0.2) is 12.7 Å². The van der Waals surface area contributed by atoms with E-state index in [1.54, 1.807) is 0 Å². The van der Waals surface area contributed by atoms with Gasteiger partial charge in [0.2, 0.25) is 0 Å². The van der Waals surface area contributed by atoms with Crippen molar-refractivity contribution in [2.75, 3.05) is 13.2 Å². The SMILES string of the molecule is C=CCC(CC)C1OCCCO1. The van der Waals surface area contributed by atoms with Crippen LogP contribution in [-0.2, 0) is 9.47 Å². The second-order valence-electron chi connectivity index (χ2n) is 3.16. The van der Waals surface area contributed by atoms with Crippen LogP contribution < -0.4 is 0 Å². The largest absolute Gasteiger partial charge is 0.352 e. The molecule has 1 heterocycles. The molecule has 0 spiro atoms. The average Bonchev–Trinajstić information content (AvgIpc) is 2.15. The van der Waals surface area contributed by atoms with E-state index in [1.807, 2.05) is 6.08 Å². The molecule has 0 N–H and O–H groups in total. The molecule has 2 nitrogen and oxygen atoms in total. The van der Waals surface area contributed by atoms with Gasteiger partial charge in [-0.2, -0.15) is 0 Å². The molecular formula is C10H18O2. The smallest absolute Gasteiger partial charge is 0.160 e. The van der Waals surface area contributed by atoms with Crippen LogP contribution in [0.3, 0.4) is 0 Å². The summed E-state index contributed by atoms with van der Waals surface area (Å²) in [6.07, 6.45) is 5.07. The minimum absolute atomic E-state index is 0.0155. The zero-order chi connectivity index (χ0) is 8.81. The molecule has 2 heteroatoms. The molecule has 0 bridgehead atoms. The van der Waals surface area contributed by atoms with Crippen LogP contribution in [0.4, 0.5) is 0 Å². The van der Waals surface area contributed by atoms with E-state index in [1.165, 1.54) is 0 Å². The standard InChI is InChI=1S/C10H18O2/c1-3-6-9(4-2)10-11-7-5-8-12-10/h3,9-10H,1,4-8H2,2H3. The molecule has 1 rings (SSSR count). The minimum Gasteiger partial charge on any atom is -0.352 e. The quantitative estimate of drug-likeness (QED) is 0.603. The maximum Gasteiger partial charge on any atom is 0.160 e. The normalized spacial score (nSPS) is 22.1. The molecule has 0 amide bonds. The fourth-order valence-corrected chi connectivity index (χ4v) is 1.46. The van der Waals surface area contributed by atoms with E-state index in [9.17, 15) is 0 Å². The monoisotopic (exact) mass is 170 g/mol. The summed E-state index contributed by atoms with van der Waals surface area (Å²) in [5.74, 6) is 0.489. The first kappa shape index (κ1) is 9.75. The highest BCUT2D eigenvalue weighted by atomic mass is 16.7. The van der Waals surface area contributed by atoms with Gasteiger partial charge in [0.1, 0.15) is 0 Å². The lowest BCUT2D eigenvalue weighted by molar-refractivity contribution is -0.204. The molecule has 0 saturated carbocycles. The van der Waals surface area contributed by atoms with Crippen molar-refractivity contribution in [3.8, 4) is 0 Å². The minimum atomic E-state index is 0.0155. The number of hydrogen-bond donors (Lipinski definition) is 0. The first-order chi connectivity index (χ1) is 5.88. The summed E-state index contributed by atoms with van der Waals surface area (Å²) in [7, 11) is 0. The van der Waals surface area contributed by atoms with Crippen LogP contribution in [0, 0.1) is 5.92 Å². The molecular weight excluding hydrogens is 152 g/mol. The average molecular weight is 170 g/mol. The van der Waals surface area contributed by atoms with E-state index < -0.39 is 0 Å². The van der Waals surface area contributed by atoms with Crippen LogP contribution in [0.5, 0.6) is 0 Å². The zero-order valence-corrected chi connectivity index (χ0v) is 7.79. The van der Waals surface area contributed by atoms with Gasteiger partial charge in [-0.05, 0) is 19.3 Å². The van der Waals surface area contributed by atoms with Crippen molar-refractivity contribution in [1.82, 2.24) is 0 Å². The van der Waals surface area contributed by atoms with Gasteiger partial charge in [0.15, 0.2) is 6.29 Å². The summed E-state index contributed by atoms with van der Waals surface area (Å²) in [6.45, 7) is 7.59. The van der Waals surface area contributed by atoms with Gasteiger partial charge in [-0.15, -0.1) is 6.58 Å². The molecule has 0 radical (unpaired) electrons. The lowest BCUT2D eigenvalue weighted by Crippen LogP contribution is -2.31. The first-order valence-corrected chi connectivity index (χ1v) is 4.72. The summed E-state index contributed by atoms with van der Waals surface area (Å²) in [4.78, 5) is 0. The van der Waals surface area contributed by atoms with Crippen molar-refractivity contribution in [2.24, 2.45) is 5.92 Å². The Morgan fingerprint density at radius 2 is 2.17 bits per heavy atom. The van der Waals surface area contributed by atoms with Gasteiger partial charge < -0.3 is 9.47 Å². The van der Waals surface area contributed by atoms with Crippen molar-refractivity contribution in [2.45, 2.75) is 32.5 Å². The van der Waals surface area contributed by atoms with E-state index in [0.717, 1.165) is 32.5 Å². The van der Waals surface area contributed by atoms with Gasteiger partial charge in [0.05, 0.1) is 13.2 Å². The van der Waals surface area contributed by atoms with E-state index in [0.29, 0.717) is 5.92 Å². The fourth-order valence-electron chi connectivity index (χ4n) is 1.46. The number of hydrogen-bond acceptors (Lipinski definition) is 2. The van der Waals surface area contributed by atoms with E-state index >= 15 is 0 Å². The highest BCUT2D eigenvalue weighted by Gasteiger charge is 2.22. The Morgan fingerprint density at radius 3 is 2.67 bits per heavy atom. The molecule has 1 aliphatic heterocycles. The van der Waals surface area contributed by atoms with Crippen molar-refractivity contribution in [3.63, 3.8) is 0 Å². The first-order valence-electron chi connectivity index (χ1n) is 4.72.